The van der Waals surface area contributed by atoms with Crippen LogP contribution in [-0.2, 0) is 27.5 Å². The van der Waals surface area contributed by atoms with Crippen LogP contribution in [0.25, 0.3) is 0 Å². The van der Waals surface area contributed by atoms with Gasteiger partial charge in [0, 0.05) is 17.1 Å². The van der Waals surface area contributed by atoms with E-state index in [9.17, 15) is 0 Å². The van der Waals surface area contributed by atoms with E-state index in [1.807, 2.05) is 0 Å². The summed E-state index contributed by atoms with van der Waals surface area (Å²) >= 11 is 0. The van der Waals surface area contributed by atoms with Crippen LogP contribution >= 0.6 is 0 Å². The van der Waals surface area contributed by atoms with Crippen LogP contribution in [0.3, 0.4) is 0 Å². The predicted octanol–water partition coefficient (Wildman–Crippen LogP) is -3.38. The fraction of sp³-hybridized carbons (Fsp3) is 0. The van der Waals surface area contributed by atoms with Crippen LogP contribution in [0.5, 0.6) is 0 Å². The minimum atomic E-state index is -4.67. The van der Waals surface area contributed by atoms with Gasteiger partial charge in [-0.05, 0) is 0 Å². The summed E-state index contributed by atoms with van der Waals surface area (Å²) in [6.07, 6.45) is 0. The molecular formula is H6FeNNaO4S. The zero-order chi connectivity index (χ0) is 4.50. The number of hydrogen-bond donors (Lipinski definition) is 3. The van der Waals surface area contributed by atoms with Crippen molar-refractivity contribution in [2.24, 2.45) is 0 Å². The van der Waals surface area contributed by atoms with Crippen molar-refractivity contribution in [1.29, 1.82) is 0 Å². The van der Waals surface area contributed by atoms with Crippen LogP contribution in [0.4, 0.5) is 0 Å². The molecule has 0 unspecified atom stereocenters. The van der Waals surface area contributed by atoms with Gasteiger partial charge in [-0.2, -0.15) is 8.42 Å². The maximum Gasteiger partial charge on any atom is 1.00 e. The molecule has 0 aromatic rings. The van der Waals surface area contributed by atoms with E-state index in [2.05, 4.69) is 0 Å². The first-order valence-corrected chi connectivity index (χ1v) is 2.10. The minimum absolute atomic E-state index is 0. The van der Waals surface area contributed by atoms with Gasteiger partial charge in [-0.25, -0.2) is 0 Å². The summed E-state index contributed by atoms with van der Waals surface area (Å²) < 4.78 is 31.6. The van der Waals surface area contributed by atoms with Gasteiger partial charge >= 0.3 is 40.0 Å². The molecule has 0 rings (SSSR count). The van der Waals surface area contributed by atoms with E-state index in [1.54, 1.807) is 0 Å². The molecule has 5 N–H and O–H groups in total. The quantitative estimate of drug-likeness (QED) is 0.276. The van der Waals surface area contributed by atoms with Gasteiger partial charge in [0.2, 0.25) is 0 Å². The maximum atomic E-state index is 8.74. The van der Waals surface area contributed by atoms with Gasteiger partial charge in [-0.1, -0.05) is 0 Å². The summed E-state index contributed by atoms with van der Waals surface area (Å²) in [6.45, 7) is 0. The Kier molecular flexibility index (Phi) is 23.8. The summed E-state index contributed by atoms with van der Waals surface area (Å²) in [5.41, 5.74) is 0. The predicted molar refractivity (Wildman–Crippen MR) is 20.3 cm³/mol. The topological polar surface area (TPSA) is 110 Å². The molecule has 0 aliphatic rings. The van der Waals surface area contributed by atoms with Gasteiger partial charge in [0.15, 0.2) is 0 Å². The molecule has 0 spiro atoms. The Morgan fingerprint density at radius 2 is 1.25 bits per heavy atom. The first kappa shape index (κ1) is 22.8. The molecule has 8 heteroatoms. The Morgan fingerprint density at radius 3 is 1.25 bits per heavy atom. The van der Waals surface area contributed by atoms with Crippen molar-refractivity contribution in [2.45, 2.75) is 0 Å². The average Bonchev–Trinajstić information content (AvgIpc) is 0.722. The van der Waals surface area contributed by atoms with Crippen molar-refractivity contribution in [3.63, 3.8) is 0 Å². The molecule has 0 atom stereocenters. The average molecular weight is 195 g/mol. The van der Waals surface area contributed by atoms with Gasteiger partial charge in [0.25, 0.3) is 0 Å². The molecule has 0 radical (unpaired) electrons. The Morgan fingerprint density at radius 1 is 1.25 bits per heavy atom. The first-order chi connectivity index (χ1) is 2.00. The van der Waals surface area contributed by atoms with Crippen molar-refractivity contribution in [2.75, 3.05) is 0 Å². The molecule has 0 aliphatic heterocycles. The Balaban J connectivity index is -0.0000000133. The van der Waals surface area contributed by atoms with E-state index < -0.39 is 10.4 Å². The van der Waals surface area contributed by atoms with Crippen molar-refractivity contribution >= 4 is 10.4 Å². The molecule has 0 aromatic heterocycles. The Labute approximate surface area is 81.6 Å². The Bertz CT molecular complexity index is 104. The molecule has 5 nitrogen and oxygen atoms in total. The van der Waals surface area contributed by atoms with Crippen LogP contribution < -0.4 is 35.7 Å². The van der Waals surface area contributed by atoms with Gasteiger partial charge in [-0.3, -0.25) is 9.11 Å². The largest absolute Gasteiger partial charge is 1.00 e. The third-order valence-corrected chi connectivity index (χ3v) is 0. The van der Waals surface area contributed by atoms with Crippen molar-refractivity contribution in [3.05, 3.63) is 0 Å². The summed E-state index contributed by atoms with van der Waals surface area (Å²) in [5, 5.41) is 0. The van der Waals surface area contributed by atoms with Crippen molar-refractivity contribution in [3.8, 4) is 0 Å². The van der Waals surface area contributed by atoms with E-state index >= 15 is 0 Å². The third-order valence-electron chi connectivity index (χ3n) is 0. The van der Waals surface area contributed by atoms with Crippen LogP contribution in [0.1, 0.15) is 1.43 Å². The summed E-state index contributed by atoms with van der Waals surface area (Å²) in [5.74, 6) is 0. The normalized spacial score (nSPS) is 7.25. The van der Waals surface area contributed by atoms with E-state index in [1.165, 1.54) is 0 Å². The van der Waals surface area contributed by atoms with E-state index in [0.29, 0.717) is 0 Å². The minimum Gasteiger partial charge on any atom is -1.00 e. The fourth-order valence-corrected chi connectivity index (χ4v) is 0. The van der Waals surface area contributed by atoms with Gasteiger partial charge < -0.3 is 7.58 Å². The molecule has 0 heterocycles. The first-order valence-electron chi connectivity index (χ1n) is 0.698. The zero-order valence-electron chi connectivity index (χ0n) is 5.18. The van der Waals surface area contributed by atoms with E-state index in [4.69, 9.17) is 17.5 Å². The van der Waals surface area contributed by atoms with Crippen LogP contribution in [0.2, 0.25) is 0 Å². The molecule has 0 amide bonds. The van der Waals surface area contributed by atoms with Gasteiger partial charge in [-0.15, -0.1) is 0 Å². The SMILES string of the molecule is N.O=S(=O)(O)O.[Fe].[H-].[Na+]. The molecule has 0 fully saturated rings. The Hall–Kier alpha value is 1.35. The van der Waals surface area contributed by atoms with E-state index in [0.717, 1.165) is 0 Å². The maximum absolute atomic E-state index is 8.74. The summed E-state index contributed by atoms with van der Waals surface area (Å²) in [7, 11) is -4.67. The van der Waals surface area contributed by atoms with Gasteiger partial charge in [0.1, 0.15) is 0 Å². The molecule has 0 bridgehead atoms. The van der Waals surface area contributed by atoms with E-state index in [-0.39, 0.29) is 54.2 Å². The number of rotatable bonds is 0. The molecule has 0 saturated carbocycles. The van der Waals surface area contributed by atoms with Crippen LogP contribution in [0.15, 0.2) is 0 Å². The summed E-state index contributed by atoms with van der Waals surface area (Å²) in [6, 6.07) is 0. The molecular weight excluding hydrogens is 189 g/mol. The smallest absolute Gasteiger partial charge is 1.00 e. The molecule has 0 saturated heterocycles. The number of hydrogen-bond acceptors (Lipinski definition) is 3. The van der Waals surface area contributed by atoms with Gasteiger partial charge in [0.05, 0.1) is 0 Å². The van der Waals surface area contributed by atoms with Crippen LogP contribution in [-0.4, -0.2) is 17.5 Å². The molecule has 0 aromatic carbocycles. The van der Waals surface area contributed by atoms with Crippen LogP contribution in [0, 0.1) is 0 Å². The second-order valence-corrected chi connectivity index (χ2v) is 1.34. The second-order valence-electron chi connectivity index (χ2n) is 0.448. The molecule has 0 aliphatic carbocycles. The van der Waals surface area contributed by atoms with Crippen molar-refractivity contribution < 1.29 is 65.6 Å². The summed E-state index contributed by atoms with van der Waals surface area (Å²) in [4.78, 5) is 0. The fourth-order valence-electron chi connectivity index (χ4n) is 0. The zero-order valence-corrected chi connectivity index (χ0v) is 8.10. The molecule has 50 valence electrons. The van der Waals surface area contributed by atoms with Crippen molar-refractivity contribution in [1.82, 2.24) is 6.15 Å². The molecule has 8 heavy (non-hydrogen) atoms. The second kappa shape index (κ2) is 8.35. The standard InChI is InChI=1S/Fe.H3N.Na.H2O4S.H/c;;;1-5(2,3)4;/h;1H3;;(H2,1,2,3,4);/q;;+1;;-1. The third kappa shape index (κ3) is 163. The monoisotopic (exact) mass is 195 g/mol.